The number of methoxy groups -OCH3 is 2. The van der Waals surface area contributed by atoms with Crippen LogP contribution in [0.2, 0.25) is 20.1 Å². The van der Waals surface area contributed by atoms with Gasteiger partial charge in [0, 0.05) is 94.6 Å². The first-order chi connectivity index (χ1) is 56.4. The zero-order chi connectivity index (χ0) is 85.4. The number of nitro groups is 4. The topological polar surface area (TPSA) is 465 Å². The number of aliphatic carboxylic acids is 1. The molecular weight excluding hydrogens is 1740 g/mol. The van der Waals surface area contributed by atoms with Crippen LogP contribution in [0.1, 0.15) is 60.1 Å². The molecule has 636 valence electrons. The predicted octanol–water partition coefficient (Wildman–Crippen LogP) is 16.7. The Labute approximate surface area is 705 Å². The summed E-state index contributed by atoms with van der Waals surface area (Å²) in [6, 6.07) is 34.6. The smallest absolute Gasteiger partial charge is 0.387 e. The molecule has 0 spiro atoms. The van der Waals surface area contributed by atoms with Gasteiger partial charge in [-0.25, -0.2) is 9.97 Å². The van der Waals surface area contributed by atoms with Crippen LogP contribution in [-0.4, -0.2) is 129 Å². The van der Waals surface area contributed by atoms with Crippen molar-refractivity contribution < 1.29 is 121 Å². The number of hydrogen-bond donors (Lipinski definition) is 3. The molecule has 6 aromatic heterocycles. The molecule has 0 saturated heterocycles. The van der Waals surface area contributed by atoms with E-state index in [0.29, 0.717) is 94.7 Å². The number of fused-ring (bicyclic) bond motifs is 4. The molecule has 14 rings (SSSR count). The highest BCUT2D eigenvalue weighted by atomic mass is 79.9. The van der Waals surface area contributed by atoms with Crippen molar-refractivity contribution in [3.8, 4) is 23.0 Å². The van der Waals surface area contributed by atoms with E-state index >= 15 is 0 Å². The molecule has 0 amide bonds. The standard InChI is InChI=1S/C28H23Cl2F2N3O6.C18H17Cl2F2NO3.C11H10N2O4.C10H8N2O4.C8H6N2O2.C3H5BrO2.2H2O/c29-20-12-33-13-21(30)19(20)11-24(18-6-7-23(41-28(31)32)25(10-18)39-15-16-4-5-16)40-26(36)14-34-9-8-17-2-1-3-22(27(17)34)35(37)38;19-13-7-23-8-14(20)12(13)6-15(24)11-3-4-16(26-18(21)22)17(5-11)25-9-10-1-2-10;1-17-10(14)7-12-6-5-8-3-2-4-9(11(8)12)13(15)16;13-9(14)6-11-5-4-7-2-1-3-8(10(7)11)12(15)16;11-10(12)7-3-1-2-6-4-5-9-8(6)7;1-6-3(5)2-4;;/h1-3,6-10,12-13,16,24,28H,4-5,11,14-15H2;3-5,7-8,10,15,18,24H,1-2,6,9H2;2-6H,7H2,1H3;1-5H,6H2,(H,13,14);1-5,9H;2H2,1H3;2*1H2/t24-;15-;;;;;;/m00....../s1. The maximum absolute atomic E-state index is 13.3. The predicted molar refractivity (Wildman–Crippen MR) is 430 cm³/mol. The molecular formula is C78H73BrCl4F4N10O23. The molecule has 7 N–H and O–H groups in total. The molecule has 2 aliphatic carbocycles. The van der Waals surface area contributed by atoms with Crippen LogP contribution in [0.5, 0.6) is 23.0 Å². The second-order valence-electron chi connectivity index (χ2n) is 25.7. The maximum atomic E-state index is 13.3. The van der Waals surface area contributed by atoms with Crippen molar-refractivity contribution in [3.05, 3.63) is 266 Å². The number of aromatic amines is 3. The largest absolute Gasteiger partial charge is 0.870 e. The highest BCUT2D eigenvalue weighted by molar-refractivity contribution is 9.09. The Hall–Kier alpha value is -12.3. The number of halogens is 9. The summed E-state index contributed by atoms with van der Waals surface area (Å²) in [6.45, 7) is -5.89. The van der Waals surface area contributed by atoms with E-state index in [1.807, 2.05) is 12.1 Å². The van der Waals surface area contributed by atoms with Crippen LogP contribution >= 0.6 is 62.3 Å². The summed E-state index contributed by atoms with van der Waals surface area (Å²) < 4.78 is 90.8. The number of pyridine rings is 2. The summed E-state index contributed by atoms with van der Waals surface area (Å²) in [6.07, 6.45) is 15.0. The molecule has 0 unspecified atom stereocenters. The monoisotopic (exact) mass is 1810 g/mol. The van der Waals surface area contributed by atoms with Crippen LogP contribution in [0.3, 0.4) is 0 Å². The molecule has 33 nitrogen and oxygen atoms in total. The quantitative estimate of drug-likeness (QED) is 0.0102. The lowest BCUT2D eigenvalue weighted by Gasteiger charge is -2.21. The van der Waals surface area contributed by atoms with E-state index in [1.165, 1.54) is 107 Å². The molecule has 2 fully saturated rings. The lowest BCUT2D eigenvalue weighted by atomic mass is 10.0. The summed E-state index contributed by atoms with van der Waals surface area (Å²) in [5.41, 5.74) is 3.51. The van der Waals surface area contributed by atoms with Crippen molar-refractivity contribution in [3.63, 3.8) is 0 Å². The third-order valence-electron chi connectivity index (χ3n) is 17.6. The molecule has 2 saturated carbocycles. The highest BCUT2D eigenvalue weighted by Gasteiger charge is 2.30. The number of aromatic nitrogens is 6. The molecule has 2 atom stereocenters. The van der Waals surface area contributed by atoms with Crippen LogP contribution < -0.4 is 28.9 Å². The molecule has 6 heterocycles. The van der Waals surface area contributed by atoms with Crippen molar-refractivity contribution >= 4 is 153 Å². The Bertz CT molecular complexity index is 5550. The minimum atomic E-state index is -3.06. The van der Waals surface area contributed by atoms with E-state index in [9.17, 15) is 82.3 Å². The number of aliphatic hydroxyl groups is 1. The normalized spacial score (nSPS) is 12.3. The number of aliphatic hydroxyl groups excluding tert-OH is 1. The molecule has 120 heavy (non-hydrogen) atoms. The van der Waals surface area contributed by atoms with Crippen molar-refractivity contribution in [2.75, 3.05) is 32.8 Å². The number of alkyl halides is 5. The maximum Gasteiger partial charge on any atom is 0.387 e. The van der Waals surface area contributed by atoms with Crippen LogP contribution in [0.15, 0.2) is 183 Å². The van der Waals surface area contributed by atoms with Gasteiger partial charge in [-0.1, -0.05) is 123 Å². The van der Waals surface area contributed by atoms with E-state index in [2.05, 4.69) is 49.8 Å². The third-order valence-corrected chi connectivity index (χ3v) is 19.5. The fraction of sp³-hybridized carbons (Fsp3) is 0.256. The summed E-state index contributed by atoms with van der Waals surface area (Å²) in [7, 11) is 2.63. The van der Waals surface area contributed by atoms with Crippen LogP contribution in [0, 0.1) is 52.3 Å². The van der Waals surface area contributed by atoms with Crippen molar-refractivity contribution in [2.24, 2.45) is 11.8 Å². The number of H-pyrrole nitrogens is 3. The lowest BCUT2D eigenvalue weighted by Crippen LogP contribution is -2.19. The molecule has 0 radical (unpaired) electrons. The van der Waals surface area contributed by atoms with E-state index in [4.69, 9.17) is 65.7 Å². The first kappa shape index (κ1) is 94.8. The zero-order valence-electron chi connectivity index (χ0n) is 62.8. The van der Waals surface area contributed by atoms with Crippen LogP contribution in [-0.2, 0) is 65.9 Å². The number of esters is 3. The van der Waals surface area contributed by atoms with Crippen LogP contribution in [0.4, 0.5) is 40.3 Å². The minimum Gasteiger partial charge on any atom is -0.870 e. The number of carboxylic acids is 1. The second-order valence-corrected chi connectivity index (χ2v) is 27.9. The summed E-state index contributed by atoms with van der Waals surface area (Å²) in [5, 5.41) is 67.5. The van der Waals surface area contributed by atoms with Crippen molar-refractivity contribution in [1.29, 1.82) is 0 Å². The van der Waals surface area contributed by atoms with Gasteiger partial charge in [-0.15, -0.1) is 0 Å². The number of carbonyl (C=O) groups excluding carboxylic acids is 3. The lowest BCUT2D eigenvalue weighted by molar-refractivity contribution is -0.383. The molecule has 2 aliphatic rings. The van der Waals surface area contributed by atoms with Gasteiger partial charge in [-0.2, -0.15) is 17.6 Å². The van der Waals surface area contributed by atoms with Gasteiger partial charge in [0.2, 0.25) is 0 Å². The Morgan fingerprint density at radius 1 is 0.517 bits per heavy atom. The van der Waals surface area contributed by atoms with Gasteiger partial charge in [-0.05, 0) is 97.2 Å². The van der Waals surface area contributed by atoms with Gasteiger partial charge < -0.3 is 73.0 Å². The number of nitrogens with zero attached hydrogens (tertiary/aromatic N) is 7. The Balaban J connectivity index is 0.000000216. The number of rotatable bonds is 28. The molecule has 6 aromatic carbocycles. The number of nitrogens with one attached hydrogen (secondary N) is 3. The van der Waals surface area contributed by atoms with Gasteiger partial charge in [0.1, 0.15) is 73.2 Å². The SMILES string of the molecule is COC(=O)CBr.COC(=O)Cn1ccc2cccc([N+](=O)[O-])c21.O=C(Cn1ccc2cccc([N+](=O)[O-])c21)O[C@@H](Cc1c(Cl)c[nH+]cc1Cl)c1ccc(OC(F)F)c(OCC2CC2)c1.O=C(O)Cn1ccc2cccc([N+](=O)[O-])c21.O=[N+]([O-])c1cccc2cc[nH]c12.O[C@@H](Cc1c(Cl)c[nH+]cc1Cl)c1ccc(OC(F)F)c(OCC2CC2)c1.[OH-].[OH-]. The average Bonchev–Trinajstić information content (AvgIpc) is 1.55. The summed E-state index contributed by atoms with van der Waals surface area (Å²) in [4.78, 5) is 95.3. The molecule has 0 aliphatic heterocycles. The first-order valence-corrected chi connectivity index (χ1v) is 37.9. The van der Waals surface area contributed by atoms with E-state index in [1.54, 1.807) is 91.6 Å². The molecule has 0 bridgehead atoms. The summed E-state index contributed by atoms with van der Waals surface area (Å²) in [5.74, 6) is -1.56. The Kier molecular flexibility index (Phi) is 35.6. The summed E-state index contributed by atoms with van der Waals surface area (Å²) >= 11 is 27.9. The average molecular weight is 1820 g/mol. The van der Waals surface area contributed by atoms with E-state index in [0.717, 1.165) is 36.5 Å². The highest BCUT2D eigenvalue weighted by Crippen LogP contribution is 2.41. The third kappa shape index (κ3) is 26.6. The van der Waals surface area contributed by atoms with E-state index in [-0.39, 0.29) is 106 Å². The Morgan fingerprint density at radius 2 is 0.900 bits per heavy atom. The number of para-hydroxylation sites is 4. The number of benzene rings is 6. The van der Waals surface area contributed by atoms with Gasteiger partial charge >= 0.3 is 37.1 Å². The van der Waals surface area contributed by atoms with Crippen molar-refractivity contribution in [1.82, 2.24) is 18.7 Å². The van der Waals surface area contributed by atoms with Crippen LogP contribution in [0.25, 0.3) is 43.6 Å². The number of nitro benzene ring substituents is 4. The zero-order valence-corrected chi connectivity index (χ0v) is 67.5. The number of non-ortho nitro benzene ring substituents is 4. The van der Waals surface area contributed by atoms with Gasteiger partial charge in [0.05, 0.1) is 53.2 Å². The van der Waals surface area contributed by atoms with Crippen molar-refractivity contribution in [2.45, 2.75) is 83.6 Å². The number of hydrogen-bond acceptors (Lipinski definition) is 22. The van der Waals surface area contributed by atoms with E-state index < -0.39 is 63.0 Å². The second kappa shape index (κ2) is 45.0. The first-order valence-electron chi connectivity index (χ1n) is 35.2. The Morgan fingerprint density at radius 3 is 1.28 bits per heavy atom. The number of ether oxygens (including phenoxy) is 7. The fourth-order valence-corrected chi connectivity index (χ4v) is 12.9. The number of carboxylic acid groups (broad SMARTS) is 1. The molecule has 42 heteroatoms. The van der Waals surface area contributed by atoms with Gasteiger partial charge in [0.15, 0.2) is 47.8 Å². The minimum absolute atomic E-state index is 0. The molecule has 12 aromatic rings. The van der Waals surface area contributed by atoms with Gasteiger partial charge in [-0.3, -0.25) is 59.6 Å². The fourth-order valence-electron chi connectivity index (χ4n) is 11.6. The number of carbonyl (C=O) groups is 4. The van der Waals surface area contributed by atoms with Gasteiger partial charge in [0.25, 0.3) is 22.7 Å².